The van der Waals surface area contributed by atoms with E-state index in [1.807, 2.05) is 26.0 Å². The molecule has 0 aliphatic heterocycles. The molecule has 1 aromatic rings. The highest BCUT2D eigenvalue weighted by Gasteiger charge is 2.24. The highest BCUT2D eigenvalue weighted by atomic mass is 127. The Bertz CT molecular complexity index is 547. The molecule has 7 heteroatoms. The van der Waals surface area contributed by atoms with Crippen LogP contribution in [0.5, 0.6) is 0 Å². The summed E-state index contributed by atoms with van der Waals surface area (Å²) in [6.07, 6.45) is 0. The number of hydrogen-bond donors (Lipinski definition) is 0. The zero-order valence-corrected chi connectivity index (χ0v) is 18.4. The summed E-state index contributed by atoms with van der Waals surface area (Å²) < 4.78 is 7.89. The molecule has 0 spiro atoms. The van der Waals surface area contributed by atoms with E-state index in [0.29, 0.717) is 12.2 Å². The first-order valence-corrected chi connectivity index (χ1v) is 9.62. The number of halogens is 3. The molecule has 0 aliphatic carbocycles. The minimum atomic E-state index is -0.380. The van der Waals surface area contributed by atoms with E-state index in [4.69, 9.17) is 4.74 Å². The first-order chi connectivity index (χ1) is 9.77. The molecule has 1 aromatic carbocycles. The molecule has 0 heterocycles. The number of benzene rings is 1. The molecule has 21 heavy (non-hydrogen) atoms. The van der Waals surface area contributed by atoms with Crippen LogP contribution in [0.15, 0.2) is 12.1 Å². The number of amides is 1. The molecular weight excluding hydrogens is 611 g/mol. The predicted molar refractivity (Wildman–Crippen MR) is 107 cm³/mol. The van der Waals surface area contributed by atoms with Gasteiger partial charge in [-0.25, -0.2) is 0 Å². The molecule has 0 aromatic heterocycles. The second-order valence-corrected chi connectivity index (χ2v) is 8.07. The largest absolute Gasteiger partial charge is 0.465 e. The van der Waals surface area contributed by atoms with E-state index in [0.717, 1.165) is 10.7 Å². The minimum absolute atomic E-state index is 0.0253. The predicted octanol–water partition coefficient (Wildman–Crippen LogP) is 3.91. The molecule has 0 unspecified atom stereocenters. The summed E-state index contributed by atoms with van der Waals surface area (Å²) in [6, 6.07) is 3.80. The number of esters is 1. The molecule has 0 atom stereocenters. The molecule has 0 aliphatic rings. The second-order valence-electron chi connectivity index (χ2n) is 4.58. The number of nitrogens with zero attached hydrogens (tertiary/aromatic N) is 1. The van der Waals surface area contributed by atoms with Crippen molar-refractivity contribution in [1.82, 2.24) is 4.90 Å². The summed E-state index contributed by atoms with van der Waals surface area (Å²) >= 11 is 6.57. The average molecular weight is 627 g/mol. The molecule has 1 amide bonds. The Morgan fingerprint density at radius 2 is 1.86 bits per heavy atom. The average Bonchev–Trinajstić information content (AvgIpc) is 2.39. The summed E-state index contributed by atoms with van der Waals surface area (Å²) in [6.45, 7) is 5.83. The molecule has 0 saturated heterocycles. The van der Waals surface area contributed by atoms with Crippen molar-refractivity contribution in [2.24, 2.45) is 0 Å². The molecule has 0 radical (unpaired) electrons. The lowest BCUT2D eigenvalue weighted by Gasteiger charge is -2.26. The molecule has 1 rings (SSSR count). The molecule has 0 N–H and O–H groups in total. The Morgan fingerprint density at radius 3 is 2.38 bits per heavy atom. The first kappa shape index (κ1) is 19.4. The van der Waals surface area contributed by atoms with Crippen LogP contribution in [0.2, 0.25) is 0 Å². The van der Waals surface area contributed by atoms with Gasteiger partial charge < -0.3 is 9.64 Å². The molecular formula is C14H16I3NO3. The van der Waals surface area contributed by atoms with Crippen LogP contribution in [0.25, 0.3) is 0 Å². The lowest BCUT2D eigenvalue weighted by molar-refractivity contribution is -0.144. The fourth-order valence-electron chi connectivity index (χ4n) is 1.70. The summed E-state index contributed by atoms with van der Waals surface area (Å²) in [4.78, 5) is 26.0. The summed E-state index contributed by atoms with van der Waals surface area (Å²) in [7, 11) is 0. The first-order valence-electron chi connectivity index (χ1n) is 6.39. The monoisotopic (exact) mass is 627 g/mol. The Morgan fingerprint density at radius 1 is 1.24 bits per heavy atom. The number of carbonyl (C=O) groups is 2. The van der Waals surface area contributed by atoms with E-state index in [1.54, 1.807) is 11.8 Å². The van der Waals surface area contributed by atoms with Gasteiger partial charge in [-0.1, -0.05) is 0 Å². The van der Waals surface area contributed by atoms with Crippen molar-refractivity contribution in [3.8, 4) is 0 Å². The fourth-order valence-corrected chi connectivity index (χ4v) is 4.09. The Kier molecular flexibility index (Phi) is 8.17. The lowest BCUT2D eigenvalue weighted by Crippen LogP contribution is -2.41. The number of ether oxygens (including phenoxy) is 1. The maximum Gasteiger partial charge on any atom is 0.325 e. The van der Waals surface area contributed by atoms with Gasteiger partial charge in [-0.3, -0.25) is 9.59 Å². The standard InChI is InChI=1S/C14H16I3NO3/c1-4-21-12(19)7-18(8(2)3)14(20)10-5-9(15)6-11(16)13(10)17/h5-6,8H,4,7H2,1-3H3. The SMILES string of the molecule is CCOC(=O)CN(C(=O)c1cc(I)cc(I)c1I)C(C)C. The third kappa shape index (κ3) is 5.48. The van der Waals surface area contributed by atoms with Gasteiger partial charge in [0.2, 0.25) is 0 Å². The second kappa shape index (κ2) is 8.85. The van der Waals surface area contributed by atoms with Crippen molar-refractivity contribution in [2.75, 3.05) is 13.2 Å². The highest BCUT2D eigenvalue weighted by molar-refractivity contribution is 14.1. The van der Waals surface area contributed by atoms with Gasteiger partial charge in [-0.05, 0) is 101 Å². The third-order valence-electron chi connectivity index (χ3n) is 2.71. The lowest BCUT2D eigenvalue weighted by atomic mass is 10.1. The fraction of sp³-hybridized carbons (Fsp3) is 0.429. The molecule has 4 nitrogen and oxygen atoms in total. The highest BCUT2D eigenvalue weighted by Crippen LogP contribution is 2.24. The number of rotatable bonds is 5. The topological polar surface area (TPSA) is 46.6 Å². The summed E-state index contributed by atoms with van der Waals surface area (Å²) in [5, 5.41) is 0. The van der Waals surface area contributed by atoms with Crippen LogP contribution in [0.4, 0.5) is 0 Å². The van der Waals surface area contributed by atoms with E-state index in [1.165, 1.54) is 0 Å². The van der Waals surface area contributed by atoms with Crippen molar-refractivity contribution >= 4 is 79.6 Å². The van der Waals surface area contributed by atoms with Crippen LogP contribution in [-0.4, -0.2) is 36.0 Å². The van der Waals surface area contributed by atoms with Crippen molar-refractivity contribution in [1.29, 1.82) is 0 Å². The van der Waals surface area contributed by atoms with Crippen LogP contribution in [0, 0.1) is 10.7 Å². The third-order valence-corrected chi connectivity index (χ3v) is 6.38. The number of carbonyl (C=O) groups excluding carboxylic acids is 2. The smallest absolute Gasteiger partial charge is 0.325 e. The maximum absolute atomic E-state index is 12.8. The molecule has 0 bridgehead atoms. The zero-order valence-electron chi connectivity index (χ0n) is 12.0. The summed E-state index contributed by atoms with van der Waals surface area (Å²) in [5.74, 6) is -0.520. The van der Waals surface area contributed by atoms with Gasteiger partial charge >= 0.3 is 5.97 Å². The molecule has 0 fully saturated rings. The summed E-state index contributed by atoms with van der Waals surface area (Å²) in [5.41, 5.74) is 0.630. The zero-order chi connectivity index (χ0) is 16.2. The quantitative estimate of drug-likeness (QED) is 0.283. The normalized spacial score (nSPS) is 10.6. The molecule has 0 saturated carbocycles. The van der Waals surface area contributed by atoms with Crippen LogP contribution in [0.3, 0.4) is 0 Å². The van der Waals surface area contributed by atoms with Gasteiger partial charge in [-0.2, -0.15) is 0 Å². The van der Waals surface area contributed by atoms with Gasteiger partial charge in [0.05, 0.1) is 12.2 Å². The van der Waals surface area contributed by atoms with Crippen molar-refractivity contribution < 1.29 is 14.3 Å². The van der Waals surface area contributed by atoms with E-state index >= 15 is 0 Å². The van der Waals surface area contributed by atoms with Crippen molar-refractivity contribution in [3.63, 3.8) is 0 Å². The van der Waals surface area contributed by atoms with E-state index in [-0.39, 0.29) is 24.5 Å². The van der Waals surface area contributed by atoms with Crippen molar-refractivity contribution in [3.05, 3.63) is 28.4 Å². The number of hydrogen-bond acceptors (Lipinski definition) is 3. The molecule has 116 valence electrons. The minimum Gasteiger partial charge on any atom is -0.465 e. The van der Waals surface area contributed by atoms with Gasteiger partial charge in [0, 0.05) is 16.8 Å². The van der Waals surface area contributed by atoms with E-state index in [9.17, 15) is 9.59 Å². The van der Waals surface area contributed by atoms with Crippen LogP contribution in [0.1, 0.15) is 31.1 Å². The van der Waals surface area contributed by atoms with Crippen LogP contribution >= 0.6 is 67.8 Å². The van der Waals surface area contributed by atoms with Gasteiger partial charge in [0.25, 0.3) is 5.91 Å². The van der Waals surface area contributed by atoms with Gasteiger partial charge in [0.1, 0.15) is 6.54 Å². The Labute approximate surface area is 165 Å². The van der Waals surface area contributed by atoms with Gasteiger partial charge in [-0.15, -0.1) is 0 Å². The van der Waals surface area contributed by atoms with Crippen LogP contribution < -0.4 is 0 Å². The van der Waals surface area contributed by atoms with Crippen molar-refractivity contribution in [2.45, 2.75) is 26.8 Å². The van der Waals surface area contributed by atoms with E-state index < -0.39 is 0 Å². The Balaban J connectivity index is 3.10. The van der Waals surface area contributed by atoms with Gasteiger partial charge in [0.15, 0.2) is 0 Å². The maximum atomic E-state index is 12.8. The van der Waals surface area contributed by atoms with Crippen LogP contribution in [-0.2, 0) is 9.53 Å². The Hall–Kier alpha value is 0.350. The van der Waals surface area contributed by atoms with E-state index in [2.05, 4.69) is 67.8 Å².